The van der Waals surface area contributed by atoms with Crippen LogP contribution in [0.3, 0.4) is 0 Å². The standard InChI is InChI=1S/C15H19N3.C13H12N2O4/c16-9-14-8-12(6-7-17-14)13-10-18(11-13)15-4-2-1-3-5-15;16-8-1-2-9-7(5-8)6-15(13(9)19)10-3-4-11(17)14-12(10)18/h6-8,13,15H,1-5,10-11H2;1-2,5,10,16H,3-4,6H2,(H,14,17,18). The number of aromatic hydroxyl groups is 1. The van der Waals surface area contributed by atoms with E-state index in [2.05, 4.69) is 27.3 Å². The number of benzene rings is 1. The van der Waals surface area contributed by atoms with E-state index in [0.717, 1.165) is 6.04 Å². The van der Waals surface area contributed by atoms with Crippen LogP contribution in [0.2, 0.25) is 0 Å². The molecule has 2 aromatic rings. The van der Waals surface area contributed by atoms with Gasteiger partial charge < -0.3 is 10.0 Å². The average Bonchev–Trinajstić information content (AvgIpc) is 3.19. The number of nitrogens with zero attached hydrogens (tertiary/aromatic N) is 4. The number of phenolic OH excluding ortho intramolecular Hbond substituents is 1. The summed E-state index contributed by atoms with van der Waals surface area (Å²) >= 11 is 0. The molecule has 1 aliphatic carbocycles. The molecule has 0 spiro atoms. The number of pyridine rings is 1. The van der Waals surface area contributed by atoms with Crippen molar-refractivity contribution in [3.63, 3.8) is 0 Å². The zero-order valence-electron chi connectivity index (χ0n) is 20.7. The van der Waals surface area contributed by atoms with Gasteiger partial charge in [0.05, 0.1) is 0 Å². The van der Waals surface area contributed by atoms with E-state index < -0.39 is 11.9 Å². The molecule has 37 heavy (non-hydrogen) atoms. The van der Waals surface area contributed by atoms with Crippen LogP contribution in [0, 0.1) is 11.3 Å². The Kier molecular flexibility index (Phi) is 7.19. The fourth-order valence-corrected chi connectivity index (χ4v) is 5.79. The SMILES string of the molecule is N#Cc1cc(C2CN(C3CCCCC3)C2)ccn1.O=C1CCC(N2Cc3cc(O)ccc3C2=O)C(=O)N1. The molecule has 3 fully saturated rings. The number of nitrogens with one attached hydrogen (secondary N) is 1. The first-order valence-electron chi connectivity index (χ1n) is 13.0. The summed E-state index contributed by atoms with van der Waals surface area (Å²) in [5.41, 5.74) is 3.04. The molecule has 1 saturated carbocycles. The first kappa shape index (κ1) is 24.9. The fraction of sp³-hybridized carbons (Fsp3) is 0.464. The Balaban J connectivity index is 0.000000152. The maximum atomic E-state index is 12.2. The smallest absolute Gasteiger partial charge is 0.255 e. The number of rotatable bonds is 3. The minimum atomic E-state index is -0.611. The van der Waals surface area contributed by atoms with Crippen LogP contribution in [0.5, 0.6) is 5.75 Å². The van der Waals surface area contributed by atoms with Crippen molar-refractivity contribution in [1.29, 1.82) is 5.26 Å². The Morgan fingerprint density at radius 1 is 1.03 bits per heavy atom. The maximum absolute atomic E-state index is 12.2. The highest BCUT2D eigenvalue weighted by molar-refractivity contribution is 6.05. The minimum Gasteiger partial charge on any atom is -0.508 e. The maximum Gasteiger partial charge on any atom is 0.255 e. The van der Waals surface area contributed by atoms with E-state index in [1.807, 2.05) is 6.07 Å². The Bertz CT molecular complexity index is 1240. The largest absolute Gasteiger partial charge is 0.508 e. The Labute approximate surface area is 216 Å². The summed E-state index contributed by atoms with van der Waals surface area (Å²) in [7, 11) is 0. The van der Waals surface area contributed by atoms with E-state index in [0.29, 0.717) is 29.2 Å². The van der Waals surface area contributed by atoms with Crippen LogP contribution >= 0.6 is 0 Å². The molecule has 2 N–H and O–H groups in total. The summed E-state index contributed by atoms with van der Waals surface area (Å²) in [6, 6.07) is 10.9. The van der Waals surface area contributed by atoms with Gasteiger partial charge in [0.15, 0.2) is 0 Å². The van der Waals surface area contributed by atoms with E-state index in [4.69, 9.17) is 5.26 Å². The molecule has 3 aliphatic heterocycles. The second kappa shape index (κ2) is 10.7. The van der Waals surface area contributed by atoms with Gasteiger partial charge in [-0.3, -0.25) is 24.6 Å². The third kappa shape index (κ3) is 5.35. The molecule has 6 rings (SSSR count). The van der Waals surface area contributed by atoms with Gasteiger partial charge >= 0.3 is 0 Å². The van der Waals surface area contributed by atoms with Crippen molar-refractivity contribution in [3.05, 3.63) is 58.9 Å². The lowest BCUT2D eigenvalue weighted by atomic mass is 9.86. The number of amides is 3. The molecule has 192 valence electrons. The number of hydrogen-bond acceptors (Lipinski definition) is 7. The highest BCUT2D eigenvalue weighted by Crippen LogP contribution is 2.33. The van der Waals surface area contributed by atoms with Gasteiger partial charge in [-0.15, -0.1) is 0 Å². The number of nitriles is 1. The molecule has 1 aromatic carbocycles. The van der Waals surface area contributed by atoms with Crippen LogP contribution in [0.25, 0.3) is 0 Å². The van der Waals surface area contributed by atoms with Crippen LogP contribution in [0.4, 0.5) is 0 Å². The van der Waals surface area contributed by atoms with Crippen molar-refractivity contribution >= 4 is 17.7 Å². The first-order chi connectivity index (χ1) is 17.9. The van der Waals surface area contributed by atoms with Crippen LogP contribution in [-0.2, 0) is 16.1 Å². The molecule has 3 amide bonds. The van der Waals surface area contributed by atoms with Crippen LogP contribution < -0.4 is 5.32 Å². The van der Waals surface area contributed by atoms with Gasteiger partial charge in [0, 0.05) is 49.8 Å². The number of carbonyl (C=O) groups excluding carboxylic acids is 3. The van der Waals surface area contributed by atoms with Gasteiger partial charge in [-0.25, -0.2) is 4.98 Å². The molecule has 1 atom stereocenters. The molecule has 4 aliphatic rings. The first-order valence-corrected chi connectivity index (χ1v) is 13.0. The van der Waals surface area contributed by atoms with Crippen LogP contribution in [0.15, 0.2) is 36.5 Å². The number of phenols is 1. The number of carbonyl (C=O) groups is 3. The molecule has 0 bridgehead atoms. The summed E-state index contributed by atoms with van der Waals surface area (Å²) in [6.07, 6.45) is 9.33. The number of hydrogen-bond donors (Lipinski definition) is 2. The zero-order valence-corrected chi connectivity index (χ0v) is 20.7. The van der Waals surface area contributed by atoms with E-state index in [-0.39, 0.29) is 30.5 Å². The lowest BCUT2D eigenvalue weighted by Gasteiger charge is -2.46. The van der Waals surface area contributed by atoms with Crippen molar-refractivity contribution in [2.75, 3.05) is 13.1 Å². The van der Waals surface area contributed by atoms with Crippen molar-refractivity contribution in [3.8, 4) is 11.8 Å². The Morgan fingerprint density at radius 3 is 2.54 bits per heavy atom. The van der Waals surface area contributed by atoms with Gasteiger partial charge in [-0.05, 0) is 60.7 Å². The van der Waals surface area contributed by atoms with Crippen molar-refractivity contribution in [2.45, 2.75) is 69.5 Å². The lowest BCUT2D eigenvalue weighted by Crippen LogP contribution is -2.52. The number of piperidine rings is 1. The van der Waals surface area contributed by atoms with Gasteiger partial charge in [0.2, 0.25) is 11.8 Å². The van der Waals surface area contributed by atoms with Crippen molar-refractivity contribution in [1.82, 2.24) is 20.1 Å². The predicted octanol–water partition coefficient (Wildman–Crippen LogP) is 2.84. The third-order valence-electron chi connectivity index (χ3n) is 7.88. The highest BCUT2D eigenvalue weighted by atomic mass is 16.3. The van der Waals surface area contributed by atoms with Gasteiger partial charge in [0.1, 0.15) is 23.6 Å². The lowest BCUT2D eigenvalue weighted by molar-refractivity contribution is -0.136. The summed E-state index contributed by atoms with van der Waals surface area (Å²) in [5.74, 6) is -0.257. The van der Waals surface area contributed by atoms with Gasteiger partial charge in [0.25, 0.3) is 5.91 Å². The topological polar surface area (TPSA) is 127 Å². The average molecular weight is 502 g/mol. The van der Waals surface area contributed by atoms with Crippen molar-refractivity contribution < 1.29 is 19.5 Å². The molecule has 1 aromatic heterocycles. The number of aromatic nitrogens is 1. The molecule has 0 radical (unpaired) electrons. The van der Waals surface area contributed by atoms with E-state index in [1.54, 1.807) is 12.3 Å². The molecule has 1 unspecified atom stereocenters. The van der Waals surface area contributed by atoms with Gasteiger partial charge in [-0.1, -0.05) is 19.3 Å². The van der Waals surface area contributed by atoms with Gasteiger partial charge in [-0.2, -0.15) is 5.26 Å². The monoisotopic (exact) mass is 501 g/mol. The fourth-order valence-electron chi connectivity index (χ4n) is 5.79. The molecular formula is C28H31N5O4. The second-order valence-electron chi connectivity index (χ2n) is 10.3. The minimum absolute atomic E-state index is 0.0941. The van der Waals surface area contributed by atoms with E-state index in [1.165, 1.54) is 67.8 Å². The second-order valence-corrected chi connectivity index (χ2v) is 10.3. The van der Waals surface area contributed by atoms with Crippen molar-refractivity contribution in [2.24, 2.45) is 0 Å². The quantitative estimate of drug-likeness (QED) is 0.619. The number of imide groups is 1. The number of likely N-dealkylation sites (tertiary alicyclic amines) is 1. The van der Waals surface area contributed by atoms with Crippen LogP contribution in [-0.4, -0.2) is 62.8 Å². The van der Waals surface area contributed by atoms with E-state index >= 15 is 0 Å². The Hall–Kier alpha value is -3.77. The summed E-state index contributed by atoms with van der Waals surface area (Å²) < 4.78 is 0. The zero-order chi connectivity index (χ0) is 25.9. The molecule has 2 saturated heterocycles. The number of fused-ring (bicyclic) bond motifs is 1. The predicted molar refractivity (Wildman–Crippen MR) is 134 cm³/mol. The summed E-state index contributed by atoms with van der Waals surface area (Å²) in [4.78, 5) is 43.2. The highest BCUT2D eigenvalue weighted by Gasteiger charge is 2.39. The third-order valence-corrected chi connectivity index (χ3v) is 7.88. The summed E-state index contributed by atoms with van der Waals surface area (Å²) in [6.45, 7) is 2.62. The summed E-state index contributed by atoms with van der Waals surface area (Å²) in [5, 5.41) is 20.5. The molecule has 9 nitrogen and oxygen atoms in total. The molecular weight excluding hydrogens is 470 g/mol. The van der Waals surface area contributed by atoms with Crippen LogP contribution in [0.1, 0.15) is 78.0 Å². The Morgan fingerprint density at radius 2 is 1.81 bits per heavy atom. The normalized spacial score (nSPS) is 22.4. The molecule has 4 heterocycles. The molecule has 9 heteroatoms. The van der Waals surface area contributed by atoms with E-state index in [9.17, 15) is 19.5 Å².